The maximum absolute atomic E-state index is 14.0. The summed E-state index contributed by atoms with van der Waals surface area (Å²) in [6.07, 6.45) is 5.93. The number of carbonyl (C=O) groups is 1. The van der Waals surface area contributed by atoms with E-state index in [4.69, 9.17) is 14.5 Å². The van der Waals surface area contributed by atoms with Crippen molar-refractivity contribution in [3.63, 3.8) is 0 Å². The Hall–Kier alpha value is -2.32. The van der Waals surface area contributed by atoms with Crippen LogP contribution in [-0.2, 0) is 22.4 Å². The van der Waals surface area contributed by atoms with E-state index in [9.17, 15) is 9.59 Å². The van der Waals surface area contributed by atoms with Crippen molar-refractivity contribution in [1.29, 1.82) is 0 Å². The van der Waals surface area contributed by atoms with E-state index in [2.05, 4.69) is 27.7 Å². The smallest absolute Gasteiger partial charge is 0.316 e. The Bertz CT molecular complexity index is 1270. The number of unbranched alkanes of at least 4 members (excludes halogenated alkanes) is 2. The van der Waals surface area contributed by atoms with Gasteiger partial charge in [-0.15, -0.1) is 11.3 Å². The highest BCUT2D eigenvalue weighted by Gasteiger charge is 2.32. The zero-order valence-corrected chi connectivity index (χ0v) is 23.5. The molecule has 36 heavy (non-hydrogen) atoms. The van der Waals surface area contributed by atoms with Gasteiger partial charge in [-0.1, -0.05) is 52.3 Å². The first kappa shape index (κ1) is 26.7. The SMILES string of the molecule is CCCCCOC(=O)CSc1nc2sc3c(c2c(=O)n1-c1ccc(OC)cc1)CCC(C(C)(C)C)C3. The molecule has 1 aliphatic carbocycles. The quantitative estimate of drug-likeness (QED) is 0.138. The Morgan fingerprint density at radius 3 is 2.64 bits per heavy atom. The number of rotatable bonds is 9. The second-order valence-electron chi connectivity index (χ2n) is 10.4. The van der Waals surface area contributed by atoms with E-state index in [1.165, 1.54) is 16.6 Å². The number of benzene rings is 1. The van der Waals surface area contributed by atoms with E-state index >= 15 is 0 Å². The second kappa shape index (κ2) is 11.4. The first-order valence-electron chi connectivity index (χ1n) is 12.7. The summed E-state index contributed by atoms with van der Waals surface area (Å²) >= 11 is 2.89. The lowest BCUT2D eigenvalue weighted by Gasteiger charge is -2.33. The number of thiophene rings is 1. The van der Waals surface area contributed by atoms with Gasteiger partial charge in [0.15, 0.2) is 5.16 Å². The van der Waals surface area contributed by atoms with E-state index in [1.54, 1.807) is 23.0 Å². The van der Waals surface area contributed by atoms with Gasteiger partial charge in [0.1, 0.15) is 10.6 Å². The molecule has 6 nitrogen and oxygen atoms in total. The van der Waals surface area contributed by atoms with Crippen LogP contribution in [-0.4, -0.2) is 35.0 Å². The van der Waals surface area contributed by atoms with Crippen molar-refractivity contribution >= 4 is 39.3 Å². The summed E-state index contributed by atoms with van der Waals surface area (Å²) < 4.78 is 12.3. The summed E-state index contributed by atoms with van der Waals surface area (Å²) in [5, 5.41) is 1.24. The minimum atomic E-state index is -0.287. The van der Waals surface area contributed by atoms with Crippen LogP contribution in [0.1, 0.15) is 63.8 Å². The molecule has 194 valence electrons. The molecular weight excluding hydrogens is 492 g/mol. The summed E-state index contributed by atoms with van der Waals surface area (Å²) in [6.45, 7) is 9.42. The third-order valence-corrected chi connectivity index (χ3v) is 9.00. The number of aromatic nitrogens is 2. The lowest BCUT2D eigenvalue weighted by atomic mass is 9.72. The number of fused-ring (bicyclic) bond motifs is 3. The number of methoxy groups -OCH3 is 1. The largest absolute Gasteiger partial charge is 0.497 e. The van der Waals surface area contributed by atoms with Crippen molar-refractivity contribution in [2.45, 2.75) is 71.4 Å². The van der Waals surface area contributed by atoms with Crippen LogP contribution in [0, 0.1) is 11.3 Å². The number of hydrogen-bond acceptors (Lipinski definition) is 7. The minimum Gasteiger partial charge on any atom is -0.497 e. The average Bonchev–Trinajstić information content (AvgIpc) is 3.23. The number of ether oxygens (including phenoxy) is 2. The predicted molar refractivity (Wildman–Crippen MR) is 148 cm³/mol. The summed E-state index contributed by atoms with van der Waals surface area (Å²) in [5.74, 6) is 1.12. The van der Waals surface area contributed by atoms with Crippen molar-refractivity contribution in [1.82, 2.24) is 9.55 Å². The normalized spacial score (nSPS) is 15.6. The number of thioether (sulfide) groups is 1. The van der Waals surface area contributed by atoms with Crippen LogP contribution in [0.15, 0.2) is 34.2 Å². The Morgan fingerprint density at radius 2 is 1.97 bits per heavy atom. The molecule has 0 aliphatic heterocycles. The van der Waals surface area contributed by atoms with Crippen LogP contribution >= 0.6 is 23.1 Å². The number of carbonyl (C=O) groups excluding carboxylic acids is 1. The Labute approximate surface area is 221 Å². The number of aryl methyl sites for hydroxylation is 1. The van der Waals surface area contributed by atoms with Crippen molar-refractivity contribution in [2.75, 3.05) is 19.5 Å². The molecule has 1 atom stereocenters. The zero-order valence-electron chi connectivity index (χ0n) is 21.9. The maximum atomic E-state index is 14.0. The molecule has 8 heteroatoms. The molecule has 0 bridgehead atoms. The van der Waals surface area contributed by atoms with Crippen molar-refractivity contribution < 1.29 is 14.3 Å². The fourth-order valence-corrected chi connectivity index (χ4v) is 6.86. The fourth-order valence-electron chi connectivity index (χ4n) is 4.70. The van der Waals surface area contributed by atoms with Crippen LogP contribution in [0.25, 0.3) is 15.9 Å². The van der Waals surface area contributed by atoms with Crippen molar-refractivity contribution in [3.8, 4) is 11.4 Å². The molecular formula is C28H36N2O4S2. The predicted octanol–water partition coefficient (Wildman–Crippen LogP) is 6.43. The van der Waals surface area contributed by atoms with E-state index in [0.29, 0.717) is 29.1 Å². The molecule has 2 heterocycles. The molecule has 1 unspecified atom stereocenters. The Balaban J connectivity index is 1.71. The topological polar surface area (TPSA) is 70.4 Å². The highest BCUT2D eigenvalue weighted by atomic mass is 32.2. The lowest BCUT2D eigenvalue weighted by molar-refractivity contribution is -0.140. The van der Waals surface area contributed by atoms with Gasteiger partial charge in [0.25, 0.3) is 5.56 Å². The molecule has 3 aromatic rings. The number of nitrogens with zero attached hydrogens (tertiary/aromatic N) is 2. The van der Waals surface area contributed by atoms with E-state index in [-0.39, 0.29) is 22.7 Å². The van der Waals surface area contributed by atoms with Gasteiger partial charge < -0.3 is 9.47 Å². The molecule has 0 fully saturated rings. The van der Waals surface area contributed by atoms with E-state index < -0.39 is 0 Å². The van der Waals surface area contributed by atoms with Crippen molar-refractivity contribution in [2.24, 2.45) is 11.3 Å². The molecule has 4 rings (SSSR count). The number of hydrogen-bond donors (Lipinski definition) is 0. The third-order valence-electron chi connectivity index (χ3n) is 6.94. The summed E-state index contributed by atoms with van der Waals surface area (Å²) in [7, 11) is 1.62. The van der Waals surface area contributed by atoms with E-state index in [0.717, 1.165) is 54.3 Å². The van der Waals surface area contributed by atoms with Crippen LogP contribution in [0.4, 0.5) is 0 Å². The summed E-state index contributed by atoms with van der Waals surface area (Å²) in [6, 6.07) is 7.38. The third kappa shape index (κ3) is 5.80. The minimum absolute atomic E-state index is 0.0734. The standard InChI is InChI=1S/C28H36N2O4S2/c1-6-7-8-15-34-23(31)17-35-27-29-25-24(21-14-9-18(28(2,3)4)16-22(21)36-25)26(32)30(27)19-10-12-20(33-5)13-11-19/h10-13,18H,6-9,14-17H2,1-5H3. The monoisotopic (exact) mass is 528 g/mol. The molecule has 0 saturated carbocycles. The van der Waals surface area contributed by atoms with Gasteiger partial charge in [-0.2, -0.15) is 0 Å². The Kier molecular flexibility index (Phi) is 8.45. The Morgan fingerprint density at radius 1 is 1.22 bits per heavy atom. The molecule has 0 saturated heterocycles. The summed E-state index contributed by atoms with van der Waals surface area (Å²) in [5.41, 5.74) is 2.01. The lowest BCUT2D eigenvalue weighted by Crippen LogP contribution is -2.27. The summed E-state index contributed by atoms with van der Waals surface area (Å²) in [4.78, 5) is 33.3. The second-order valence-corrected chi connectivity index (χ2v) is 12.5. The molecule has 0 spiro atoms. The van der Waals surface area contributed by atoms with Gasteiger partial charge in [-0.25, -0.2) is 4.98 Å². The first-order chi connectivity index (χ1) is 17.2. The van der Waals surface area contributed by atoms with Crippen LogP contribution in [0.3, 0.4) is 0 Å². The van der Waals surface area contributed by atoms with Gasteiger partial charge in [0, 0.05) is 4.88 Å². The van der Waals surface area contributed by atoms with Crippen LogP contribution < -0.4 is 10.3 Å². The van der Waals surface area contributed by atoms with Gasteiger partial charge in [-0.3, -0.25) is 14.2 Å². The van der Waals surface area contributed by atoms with E-state index in [1.807, 2.05) is 24.3 Å². The molecule has 1 aliphatic rings. The highest BCUT2D eigenvalue weighted by Crippen LogP contribution is 2.42. The van der Waals surface area contributed by atoms with Gasteiger partial charge in [-0.05, 0) is 66.8 Å². The highest BCUT2D eigenvalue weighted by molar-refractivity contribution is 7.99. The molecule has 2 aromatic heterocycles. The van der Waals surface area contributed by atoms with Crippen LogP contribution in [0.2, 0.25) is 0 Å². The average molecular weight is 529 g/mol. The zero-order chi connectivity index (χ0) is 25.9. The maximum Gasteiger partial charge on any atom is 0.316 e. The fraction of sp³-hybridized carbons (Fsp3) is 0.536. The van der Waals surface area contributed by atoms with Gasteiger partial charge in [0.2, 0.25) is 0 Å². The molecule has 1 aromatic carbocycles. The molecule has 0 radical (unpaired) electrons. The number of esters is 1. The van der Waals surface area contributed by atoms with Gasteiger partial charge in [0.05, 0.1) is 30.5 Å². The van der Waals surface area contributed by atoms with Crippen molar-refractivity contribution in [3.05, 3.63) is 45.1 Å². The first-order valence-corrected chi connectivity index (χ1v) is 14.5. The molecule has 0 amide bonds. The van der Waals surface area contributed by atoms with Crippen LogP contribution in [0.5, 0.6) is 5.75 Å². The molecule has 0 N–H and O–H groups in total. The van der Waals surface area contributed by atoms with Gasteiger partial charge >= 0.3 is 5.97 Å².